The highest BCUT2D eigenvalue weighted by atomic mass is 79.9. The maximum Gasteiger partial charge on any atom is 0.211 e. The van der Waals surface area contributed by atoms with Gasteiger partial charge in [0.25, 0.3) is 0 Å². The molecule has 0 spiro atoms. The van der Waals surface area contributed by atoms with Crippen molar-refractivity contribution >= 4 is 31.6 Å². The van der Waals surface area contributed by atoms with Gasteiger partial charge in [-0.3, -0.25) is 0 Å². The Morgan fingerprint density at radius 3 is 2.86 bits per heavy atom. The lowest BCUT2D eigenvalue weighted by Crippen LogP contribution is -2.41. The van der Waals surface area contributed by atoms with Crippen molar-refractivity contribution in [3.05, 3.63) is 22.7 Å². The molecule has 0 aliphatic carbocycles. The number of rotatable bonds is 5. The van der Waals surface area contributed by atoms with E-state index in [1.165, 1.54) is 6.26 Å². The summed E-state index contributed by atoms with van der Waals surface area (Å²) in [6.07, 6.45) is 3.24. The number of anilines is 1. The van der Waals surface area contributed by atoms with Gasteiger partial charge in [-0.15, -0.1) is 0 Å². The molecule has 1 aliphatic rings. The van der Waals surface area contributed by atoms with Gasteiger partial charge in [0.15, 0.2) is 0 Å². The van der Waals surface area contributed by atoms with Crippen molar-refractivity contribution < 1.29 is 13.2 Å². The fraction of sp³-hybridized carbons (Fsp3) is 0.571. The summed E-state index contributed by atoms with van der Waals surface area (Å²) in [5, 5.41) is 3.37. The molecule has 1 aromatic rings. The minimum absolute atomic E-state index is 0.332. The van der Waals surface area contributed by atoms with E-state index in [4.69, 9.17) is 4.74 Å². The molecular weight excluding hydrogens is 356 g/mol. The van der Waals surface area contributed by atoms with Gasteiger partial charge in [-0.25, -0.2) is 12.7 Å². The highest BCUT2D eigenvalue weighted by Gasteiger charge is 2.25. The number of halogens is 1. The fourth-order valence-electron chi connectivity index (χ4n) is 2.54. The number of methoxy groups -OCH3 is 1. The zero-order chi connectivity index (χ0) is 15.5. The number of ether oxygens (including phenoxy) is 1. The Bertz CT molecular complexity index is 592. The summed E-state index contributed by atoms with van der Waals surface area (Å²) in [4.78, 5) is 0. The molecule has 1 aromatic carbocycles. The number of benzene rings is 1. The third-order valence-corrected chi connectivity index (χ3v) is 5.38. The summed E-state index contributed by atoms with van der Waals surface area (Å²) in [6, 6.07) is 5.82. The lowest BCUT2D eigenvalue weighted by Gasteiger charge is -2.31. The van der Waals surface area contributed by atoms with Crippen LogP contribution in [0.4, 0.5) is 5.69 Å². The molecule has 1 unspecified atom stereocenters. The Kier molecular flexibility index (Phi) is 5.51. The number of piperidine rings is 1. The first-order valence-corrected chi connectivity index (χ1v) is 9.56. The first kappa shape index (κ1) is 16.6. The molecule has 21 heavy (non-hydrogen) atoms. The summed E-state index contributed by atoms with van der Waals surface area (Å²) in [6.45, 7) is 1.99. The Balaban J connectivity index is 1.95. The van der Waals surface area contributed by atoms with Gasteiger partial charge in [0.05, 0.1) is 13.4 Å². The lowest BCUT2D eigenvalue weighted by atomic mass is 9.99. The van der Waals surface area contributed by atoms with Gasteiger partial charge in [-0.1, -0.05) is 15.9 Å². The second-order valence-corrected chi connectivity index (χ2v) is 8.29. The number of hydrogen-bond acceptors (Lipinski definition) is 4. The van der Waals surface area contributed by atoms with Gasteiger partial charge >= 0.3 is 0 Å². The van der Waals surface area contributed by atoms with Crippen molar-refractivity contribution in [1.82, 2.24) is 4.31 Å². The van der Waals surface area contributed by atoms with E-state index in [0.29, 0.717) is 19.0 Å². The Hall–Kier alpha value is -0.790. The largest absolute Gasteiger partial charge is 0.497 e. The summed E-state index contributed by atoms with van der Waals surface area (Å²) in [5.74, 6) is 1.12. The molecule has 1 fully saturated rings. The Morgan fingerprint density at radius 2 is 2.19 bits per heavy atom. The minimum Gasteiger partial charge on any atom is -0.497 e. The molecule has 7 heteroatoms. The van der Waals surface area contributed by atoms with Crippen LogP contribution >= 0.6 is 15.9 Å². The normalized spacial score (nSPS) is 20.2. The second-order valence-electron chi connectivity index (χ2n) is 5.39. The van der Waals surface area contributed by atoms with Crippen LogP contribution in [0.1, 0.15) is 12.8 Å². The van der Waals surface area contributed by atoms with E-state index in [0.717, 1.165) is 35.3 Å². The van der Waals surface area contributed by atoms with E-state index < -0.39 is 10.0 Å². The van der Waals surface area contributed by atoms with Crippen LogP contribution in [-0.2, 0) is 10.0 Å². The maximum atomic E-state index is 11.6. The summed E-state index contributed by atoms with van der Waals surface area (Å²) >= 11 is 3.45. The molecule has 118 valence electrons. The molecular formula is C14H21BrN2O3S. The zero-order valence-corrected chi connectivity index (χ0v) is 14.7. The van der Waals surface area contributed by atoms with Crippen molar-refractivity contribution in [2.45, 2.75) is 12.8 Å². The summed E-state index contributed by atoms with van der Waals surface area (Å²) < 4.78 is 31.0. The third kappa shape index (κ3) is 4.86. The van der Waals surface area contributed by atoms with Gasteiger partial charge in [0.1, 0.15) is 5.75 Å². The van der Waals surface area contributed by atoms with Gasteiger partial charge in [0.2, 0.25) is 10.0 Å². The SMILES string of the molecule is COc1cc(Br)cc(NCC2CCCN(S(C)(=O)=O)C2)c1. The molecule has 1 aliphatic heterocycles. The first-order valence-electron chi connectivity index (χ1n) is 6.92. The molecule has 2 rings (SSSR count). The predicted octanol–water partition coefficient (Wildman–Crippen LogP) is 2.54. The van der Waals surface area contributed by atoms with E-state index in [2.05, 4.69) is 21.2 Å². The minimum atomic E-state index is -3.08. The van der Waals surface area contributed by atoms with Gasteiger partial charge < -0.3 is 10.1 Å². The van der Waals surface area contributed by atoms with Crippen molar-refractivity contribution in [2.75, 3.05) is 38.3 Å². The summed E-state index contributed by atoms with van der Waals surface area (Å²) in [7, 11) is -1.45. The lowest BCUT2D eigenvalue weighted by molar-refractivity contribution is 0.277. The summed E-state index contributed by atoms with van der Waals surface area (Å²) in [5.41, 5.74) is 0.970. The molecule has 0 aromatic heterocycles. The monoisotopic (exact) mass is 376 g/mol. The highest BCUT2D eigenvalue weighted by Crippen LogP contribution is 2.25. The van der Waals surface area contributed by atoms with E-state index in [1.807, 2.05) is 18.2 Å². The maximum absolute atomic E-state index is 11.6. The molecule has 0 bridgehead atoms. The van der Waals surface area contributed by atoms with Crippen LogP contribution in [0.15, 0.2) is 22.7 Å². The second kappa shape index (κ2) is 6.98. The Labute approximate surface area is 134 Å². The smallest absolute Gasteiger partial charge is 0.211 e. The van der Waals surface area contributed by atoms with E-state index in [9.17, 15) is 8.42 Å². The van der Waals surface area contributed by atoms with Crippen molar-refractivity contribution in [2.24, 2.45) is 5.92 Å². The van der Waals surface area contributed by atoms with Crippen molar-refractivity contribution in [3.63, 3.8) is 0 Å². The Morgan fingerprint density at radius 1 is 1.43 bits per heavy atom. The fourth-order valence-corrected chi connectivity index (χ4v) is 3.95. The van der Waals surface area contributed by atoms with Crippen LogP contribution in [0.2, 0.25) is 0 Å². The number of sulfonamides is 1. The molecule has 1 atom stereocenters. The van der Waals surface area contributed by atoms with E-state index in [-0.39, 0.29) is 0 Å². The van der Waals surface area contributed by atoms with Crippen LogP contribution < -0.4 is 10.1 Å². The predicted molar refractivity (Wildman–Crippen MR) is 88.3 cm³/mol. The molecule has 5 nitrogen and oxygen atoms in total. The van der Waals surface area contributed by atoms with E-state index >= 15 is 0 Å². The van der Waals surface area contributed by atoms with Crippen LogP contribution in [0.3, 0.4) is 0 Å². The average Bonchev–Trinajstić information content (AvgIpc) is 2.44. The standard InChI is InChI=1S/C14H21BrN2O3S/c1-20-14-7-12(15)6-13(8-14)16-9-11-4-3-5-17(10-11)21(2,18)19/h6-8,11,16H,3-5,9-10H2,1-2H3. The van der Waals surface area contributed by atoms with Gasteiger partial charge in [-0.05, 0) is 30.9 Å². The van der Waals surface area contributed by atoms with Crippen LogP contribution in [0.5, 0.6) is 5.75 Å². The van der Waals surface area contributed by atoms with Gasteiger partial charge in [-0.2, -0.15) is 0 Å². The zero-order valence-electron chi connectivity index (χ0n) is 12.3. The van der Waals surface area contributed by atoms with Crippen molar-refractivity contribution in [1.29, 1.82) is 0 Å². The molecule has 0 radical (unpaired) electrons. The van der Waals surface area contributed by atoms with E-state index in [1.54, 1.807) is 11.4 Å². The molecule has 1 N–H and O–H groups in total. The number of nitrogens with zero attached hydrogens (tertiary/aromatic N) is 1. The third-order valence-electron chi connectivity index (χ3n) is 3.65. The average molecular weight is 377 g/mol. The molecule has 0 amide bonds. The topological polar surface area (TPSA) is 58.6 Å². The molecule has 0 saturated carbocycles. The first-order chi connectivity index (χ1) is 9.88. The quantitative estimate of drug-likeness (QED) is 0.857. The number of hydrogen-bond donors (Lipinski definition) is 1. The van der Waals surface area contributed by atoms with Crippen LogP contribution in [-0.4, -0.2) is 45.7 Å². The number of nitrogens with one attached hydrogen (secondary N) is 1. The van der Waals surface area contributed by atoms with Gasteiger partial charge in [0, 0.05) is 35.9 Å². The van der Waals surface area contributed by atoms with Crippen LogP contribution in [0, 0.1) is 5.92 Å². The highest BCUT2D eigenvalue weighted by molar-refractivity contribution is 9.10. The van der Waals surface area contributed by atoms with Crippen LogP contribution in [0.25, 0.3) is 0 Å². The van der Waals surface area contributed by atoms with Crippen molar-refractivity contribution in [3.8, 4) is 5.75 Å². The molecule has 1 heterocycles. The molecule has 1 saturated heterocycles.